The number of phenolic OH excluding ortho intramolecular Hbond substituents is 1. The van der Waals surface area contributed by atoms with Crippen LogP contribution in [0.15, 0.2) is 22.7 Å². The molecule has 3 heteroatoms. The Morgan fingerprint density at radius 1 is 1.22 bits per heavy atom. The van der Waals surface area contributed by atoms with Crippen LogP contribution >= 0.6 is 15.9 Å². The Kier molecular flexibility index (Phi) is 3.62. The van der Waals surface area contributed by atoms with Crippen molar-refractivity contribution < 1.29 is 5.11 Å². The number of halogens is 1. The van der Waals surface area contributed by atoms with Crippen LogP contribution < -0.4 is 0 Å². The van der Waals surface area contributed by atoms with Gasteiger partial charge in [0.05, 0.1) is 4.47 Å². The van der Waals surface area contributed by atoms with Crippen molar-refractivity contribution in [3.8, 4) is 5.75 Å². The molecule has 0 amide bonds. The van der Waals surface area contributed by atoms with Crippen molar-refractivity contribution in [1.29, 1.82) is 0 Å². The van der Waals surface area contributed by atoms with Gasteiger partial charge in [0.1, 0.15) is 5.75 Å². The van der Waals surface area contributed by atoms with E-state index in [0.717, 1.165) is 23.0 Å². The van der Waals surface area contributed by atoms with E-state index >= 15 is 0 Å². The monoisotopic (exact) mass is 309 g/mol. The van der Waals surface area contributed by atoms with E-state index in [1.165, 1.54) is 44.2 Å². The number of hydrogen-bond acceptors (Lipinski definition) is 2. The average molecular weight is 310 g/mol. The van der Waals surface area contributed by atoms with E-state index in [4.69, 9.17) is 0 Å². The first-order valence-electron chi connectivity index (χ1n) is 6.95. The van der Waals surface area contributed by atoms with Gasteiger partial charge in [-0.25, -0.2) is 0 Å². The molecule has 2 atom stereocenters. The summed E-state index contributed by atoms with van der Waals surface area (Å²) in [6.45, 7) is 2.27. The van der Waals surface area contributed by atoms with Gasteiger partial charge < -0.3 is 5.11 Å². The molecule has 2 fully saturated rings. The number of fused-ring (bicyclic) bond motifs is 1. The van der Waals surface area contributed by atoms with E-state index in [9.17, 15) is 5.11 Å². The van der Waals surface area contributed by atoms with Gasteiger partial charge in [0.15, 0.2) is 0 Å². The molecule has 1 N–H and O–H groups in total. The van der Waals surface area contributed by atoms with Crippen LogP contribution in [0.3, 0.4) is 0 Å². The van der Waals surface area contributed by atoms with Crippen molar-refractivity contribution in [3.63, 3.8) is 0 Å². The van der Waals surface area contributed by atoms with Crippen molar-refractivity contribution in [1.82, 2.24) is 4.90 Å². The largest absolute Gasteiger partial charge is 0.507 e. The minimum atomic E-state index is 0.329. The van der Waals surface area contributed by atoms with E-state index in [1.54, 1.807) is 6.07 Å². The van der Waals surface area contributed by atoms with Crippen molar-refractivity contribution in [2.45, 2.75) is 44.7 Å². The van der Waals surface area contributed by atoms with E-state index < -0.39 is 0 Å². The Labute approximate surface area is 117 Å². The number of nitrogens with zero attached hydrogens (tertiary/aromatic N) is 1. The molecule has 2 nitrogen and oxygen atoms in total. The van der Waals surface area contributed by atoms with Crippen LogP contribution in [-0.4, -0.2) is 22.6 Å². The van der Waals surface area contributed by atoms with E-state index in [1.807, 2.05) is 12.1 Å². The summed E-state index contributed by atoms with van der Waals surface area (Å²) in [5.74, 6) is 1.27. The zero-order valence-electron chi connectivity index (χ0n) is 10.6. The predicted octanol–water partition coefficient (Wildman–Crippen LogP) is 3.92. The fourth-order valence-electron chi connectivity index (χ4n) is 3.58. The van der Waals surface area contributed by atoms with E-state index in [-0.39, 0.29) is 0 Å². The number of aromatic hydroxyl groups is 1. The second-order valence-electron chi connectivity index (χ2n) is 5.66. The van der Waals surface area contributed by atoms with Crippen LogP contribution in [0, 0.1) is 5.92 Å². The second kappa shape index (κ2) is 5.22. The summed E-state index contributed by atoms with van der Waals surface area (Å²) >= 11 is 3.40. The number of hydrogen-bond donors (Lipinski definition) is 1. The number of phenols is 1. The molecule has 1 aromatic carbocycles. The highest BCUT2D eigenvalue weighted by atomic mass is 79.9. The van der Waals surface area contributed by atoms with Crippen LogP contribution in [-0.2, 0) is 6.54 Å². The third-order valence-corrected chi connectivity index (χ3v) is 5.16. The summed E-state index contributed by atoms with van der Waals surface area (Å²) in [7, 11) is 0. The first-order chi connectivity index (χ1) is 8.74. The number of rotatable bonds is 2. The Morgan fingerprint density at radius 3 is 2.89 bits per heavy atom. The summed E-state index contributed by atoms with van der Waals surface area (Å²) in [4.78, 5) is 2.64. The van der Waals surface area contributed by atoms with Gasteiger partial charge in [0.2, 0.25) is 0 Å². The molecule has 0 aromatic heterocycles. The van der Waals surface area contributed by atoms with Crippen LogP contribution in [0.25, 0.3) is 0 Å². The van der Waals surface area contributed by atoms with Crippen molar-refractivity contribution in [2.75, 3.05) is 6.54 Å². The van der Waals surface area contributed by atoms with Crippen LogP contribution in [0.2, 0.25) is 0 Å². The van der Waals surface area contributed by atoms with Crippen LogP contribution in [0.5, 0.6) is 5.75 Å². The Morgan fingerprint density at radius 2 is 2.06 bits per heavy atom. The standard InChI is InChI=1S/C15H20BrNO/c16-13-9-11(5-6-15(13)18)10-17-8-7-12-3-1-2-4-14(12)17/h5-6,9,12,14,18H,1-4,7-8,10H2. The molecule has 1 saturated heterocycles. The Hall–Kier alpha value is -0.540. The Bertz CT molecular complexity index is 435. The van der Waals surface area contributed by atoms with Gasteiger partial charge in [-0.05, 0) is 65.4 Å². The first-order valence-corrected chi connectivity index (χ1v) is 7.75. The summed E-state index contributed by atoms with van der Waals surface area (Å²) in [5.41, 5.74) is 1.30. The molecule has 0 radical (unpaired) electrons. The maximum atomic E-state index is 9.53. The topological polar surface area (TPSA) is 23.5 Å². The summed E-state index contributed by atoms with van der Waals surface area (Å²) < 4.78 is 0.805. The quantitative estimate of drug-likeness (QED) is 0.895. The van der Waals surface area contributed by atoms with Gasteiger partial charge in [-0.1, -0.05) is 18.9 Å². The van der Waals surface area contributed by atoms with Gasteiger partial charge in [0.25, 0.3) is 0 Å². The van der Waals surface area contributed by atoms with Crippen molar-refractivity contribution >= 4 is 15.9 Å². The summed E-state index contributed by atoms with van der Waals surface area (Å²) in [6, 6.07) is 6.68. The minimum Gasteiger partial charge on any atom is -0.507 e. The first kappa shape index (κ1) is 12.5. The lowest BCUT2D eigenvalue weighted by Crippen LogP contribution is -2.34. The molecule has 98 valence electrons. The van der Waals surface area contributed by atoms with E-state index in [0.29, 0.717) is 5.75 Å². The van der Waals surface area contributed by atoms with Gasteiger partial charge in [-0.3, -0.25) is 4.90 Å². The number of benzene rings is 1. The smallest absolute Gasteiger partial charge is 0.129 e. The highest BCUT2D eigenvalue weighted by Crippen LogP contribution is 2.37. The molecule has 3 rings (SSSR count). The van der Waals surface area contributed by atoms with Gasteiger partial charge >= 0.3 is 0 Å². The lowest BCUT2D eigenvalue weighted by molar-refractivity contribution is 0.176. The third-order valence-electron chi connectivity index (χ3n) is 4.52. The summed E-state index contributed by atoms with van der Waals surface area (Å²) in [5, 5.41) is 9.53. The van der Waals surface area contributed by atoms with Gasteiger partial charge in [-0.15, -0.1) is 0 Å². The fourth-order valence-corrected chi connectivity index (χ4v) is 4.01. The average Bonchev–Trinajstić information content (AvgIpc) is 2.78. The molecule has 0 spiro atoms. The van der Waals surface area contributed by atoms with Crippen LogP contribution in [0.4, 0.5) is 0 Å². The maximum Gasteiger partial charge on any atom is 0.129 e. The second-order valence-corrected chi connectivity index (χ2v) is 6.51. The maximum absolute atomic E-state index is 9.53. The predicted molar refractivity (Wildman–Crippen MR) is 76.6 cm³/mol. The molecule has 1 aliphatic heterocycles. The minimum absolute atomic E-state index is 0.329. The Balaban J connectivity index is 1.70. The molecule has 2 unspecified atom stereocenters. The molecule has 1 saturated carbocycles. The molecular weight excluding hydrogens is 290 g/mol. The number of likely N-dealkylation sites (tertiary alicyclic amines) is 1. The third kappa shape index (κ3) is 2.43. The lowest BCUT2D eigenvalue weighted by Gasteiger charge is -2.31. The molecule has 1 heterocycles. The zero-order chi connectivity index (χ0) is 12.5. The fraction of sp³-hybridized carbons (Fsp3) is 0.600. The normalized spacial score (nSPS) is 28.3. The van der Waals surface area contributed by atoms with Gasteiger partial charge in [0, 0.05) is 12.6 Å². The zero-order valence-corrected chi connectivity index (χ0v) is 12.2. The van der Waals surface area contributed by atoms with Crippen LogP contribution in [0.1, 0.15) is 37.7 Å². The molecule has 18 heavy (non-hydrogen) atoms. The van der Waals surface area contributed by atoms with Crippen molar-refractivity contribution in [3.05, 3.63) is 28.2 Å². The molecule has 0 bridgehead atoms. The molecule has 2 aliphatic rings. The lowest BCUT2D eigenvalue weighted by atomic mass is 9.85. The highest BCUT2D eigenvalue weighted by Gasteiger charge is 2.35. The van der Waals surface area contributed by atoms with E-state index in [2.05, 4.69) is 20.8 Å². The molecule has 1 aliphatic carbocycles. The van der Waals surface area contributed by atoms with Crippen molar-refractivity contribution in [2.24, 2.45) is 5.92 Å². The molecular formula is C15H20BrNO. The highest BCUT2D eigenvalue weighted by molar-refractivity contribution is 9.10. The van der Waals surface area contributed by atoms with Gasteiger partial charge in [-0.2, -0.15) is 0 Å². The summed E-state index contributed by atoms with van der Waals surface area (Å²) in [6.07, 6.45) is 7.02. The SMILES string of the molecule is Oc1ccc(CN2CCC3CCCCC32)cc1Br. The molecule has 1 aromatic rings.